The second-order valence-corrected chi connectivity index (χ2v) is 15.1. The van der Waals surface area contributed by atoms with Crippen LogP contribution in [0, 0.1) is 17.8 Å². The van der Waals surface area contributed by atoms with Gasteiger partial charge in [-0.05, 0) is 58.8 Å². The number of sulfonamides is 1. The van der Waals surface area contributed by atoms with Crippen LogP contribution in [0.2, 0.25) is 0 Å². The predicted molar refractivity (Wildman–Crippen MR) is 141 cm³/mol. The summed E-state index contributed by atoms with van der Waals surface area (Å²) in [4.78, 5) is 15.4. The lowest BCUT2D eigenvalue weighted by atomic mass is 9.79. The number of carbonyl (C=O) groups is 1. The van der Waals surface area contributed by atoms with Crippen molar-refractivity contribution in [2.24, 2.45) is 23.5 Å². The zero-order valence-electron chi connectivity index (χ0n) is 21.5. The number of hydrogen-bond donors (Lipinski definition) is 4. The number of nitrogens with zero attached hydrogens (tertiary/aromatic N) is 1. The zero-order chi connectivity index (χ0) is 25.2. The molecule has 4 aliphatic rings. The minimum absolute atomic E-state index is 0.0767. The van der Waals surface area contributed by atoms with E-state index < -0.39 is 15.6 Å². The SMILES string of the molecule is CC(C)(C)NS(=O)(=O)C1CCC(C2CC3C(N)NCC(C(=O)NCCN4CCOCC4)C3S2)CC1. The van der Waals surface area contributed by atoms with Gasteiger partial charge in [-0.25, -0.2) is 13.1 Å². The molecular formula is C24H45N5O4S2. The van der Waals surface area contributed by atoms with Gasteiger partial charge in [0.05, 0.1) is 30.5 Å². The molecule has 4 fully saturated rings. The molecule has 0 aromatic heterocycles. The molecule has 0 aromatic carbocycles. The van der Waals surface area contributed by atoms with Gasteiger partial charge in [0.15, 0.2) is 0 Å². The quantitative estimate of drug-likeness (QED) is 0.378. The van der Waals surface area contributed by atoms with Gasteiger partial charge < -0.3 is 21.1 Å². The highest BCUT2D eigenvalue weighted by Gasteiger charge is 2.50. The number of amides is 1. The van der Waals surface area contributed by atoms with E-state index in [4.69, 9.17) is 10.5 Å². The van der Waals surface area contributed by atoms with E-state index in [1.165, 1.54) is 0 Å². The van der Waals surface area contributed by atoms with Gasteiger partial charge in [0.25, 0.3) is 0 Å². The molecule has 3 heterocycles. The number of hydrogen-bond acceptors (Lipinski definition) is 8. The van der Waals surface area contributed by atoms with Crippen molar-refractivity contribution < 1.29 is 17.9 Å². The predicted octanol–water partition coefficient (Wildman–Crippen LogP) is 0.706. The molecule has 5 unspecified atom stereocenters. The Kier molecular flexibility index (Phi) is 9.09. The number of fused-ring (bicyclic) bond motifs is 1. The summed E-state index contributed by atoms with van der Waals surface area (Å²) in [5.74, 6) is 0.817. The second-order valence-electron chi connectivity index (χ2n) is 11.8. The first-order valence-electron chi connectivity index (χ1n) is 13.3. The molecule has 3 aliphatic heterocycles. The average molecular weight is 532 g/mol. The molecule has 4 rings (SSSR count). The third kappa shape index (κ3) is 7.12. The van der Waals surface area contributed by atoms with Crippen molar-refractivity contribution in [2.45, 2.75) is 80.3 Å². The van der Waals surface area contributed by atoms with E-state index in [0.717, 1.165) is 52.1 Å². The molecule has 3 saturated heterocycles. The zero-order valence-corrected chi connectivity index (χ0v) is 23.1. The molecule has 0 aromatic rings. The Labute approximate surface area is 215 Å². The van der Waals surface area contributed by atoms with E-state index in [1.807, 2.05) is 32.5 Å². The summed E-state index contributed by atoms with van der Waals surface area (Å²) >= 11 is 1.95. The largest absolute Gasteiger partial charge is 0.379 e. The number of thioether (sulfide) groups is 1. The van der Waals surface area contributed by atoms with Crippen LogP contribution in [0.25, 0.3) is 0 Å². The number of carbonyl (C=O) groups excluding carboxylic acids is 1. The third-order valence-electron chi connectivity index (χ3n) is 7.99. The number of ether oxygens (including phenoxy) is 1. The Balaban J connectivity index is 1.29. The van der Waals surface area contributed by atoms with Crippen molar-refractivity contribution in [2.75, 3.05) is 45.9 Å². The first-order valence-corrected chi connectivity index (χ1v) is 15.8. The summed E-state index contributed by atoms with van der Waals surface area (Å²) in [6.07, 6.45) is 4.18. The molecule has 0 spiro atoms. The number of piperidine rings is 1. The van der Waals surface area contributed by atoms with E-state index in [2.05, 4.69) is 20.3 Å². The summed E-state index contributed by atoms with van der Waals surface area (Å²) in [5, 5.41) is 6.92. The highest BCUT2D eigenvalue weighted by atomic mass is 32.2. The van der Waals surface area contributed by atoms with E-state index in [9.17, 15) is 13.2 Å². The van der Waals surface area contributed by atoms with Crippen LogP contribution in [0.15, 0.2) is 0 Å². The van der Waals surface area contributed by atoms with E-state index in [1.54, 1.807) is 0 Å². The number of nitrogens with one attached hydrogen (secondary N) is 3. The van der Waals surface area contributed by atoms with Crippen molar-refractivity contribution in [1.82, 2.24) is 20.3 Å². The minimum Gasteiger partial charge on any atom is -0.379 e. The Hall–Kier alpha value is -0.430. The van der Waals surface area contributed by atoms with Gasteiger partial charge in [0, 0.05) is 54.7 Å². The van der Waals surface area contributed by atoms with Crippen LogP contribution in [0.4, 0.5) is 0 Å². The average Bonchev–Trinajstić information content (AvgIpc) is 3.25. The number of nitrogens with two attached hydrogens (primary N) is 1. The Bertz CT molecular complexity index is 822. The highest BCUT2D eigenvalue weighted by Crippen LogP contribution is 2.50. The summed E-state index contributed by atoms with van der Waals surface area (Å²) in [6.45, 7) is 11.2. The van der Waals surface area contributed by atoms with E-state index in [0.29, 0.717) is 37.1 Å². The molecule has 35 heavy (non-hydrogen) atoms. The van der Waals surface area contributed by atoms with Crippen molar-refractivity contribution in [1.29, 1.82) is 0 Å². The molecule has 1 saturated carbocycles. The fourth-order valence-electron chi connectivity index (χ4n) is 6.15. The fourth-order valence-corrected chi connectivity index (χ4v) is 10.2. The monoisotopic (exact) mass is 531 g/mol. The van der Waals surface area contributed by atoms with Crippen LogP contribution in [0.3, 0.4) is 0 Å². The van der Waals surface area contributed by atoms with Crippen molar-refractivity contribution in [3.63, 3.8) is 0 Å². The van der Waals surface area contributed by atoms with Gasteiger partial charge in [0.2, 0.25) is 15.9 Å². The molecule has 0 radical (unpaired) electrons. The van der Waals surface area contributed by atoms with Crippen LogP contribution in [-0.4, -0.2) is 92.6 Å². The molecule has 0 bridgehead atoms. The fraction of sp³-hybridized carbons (Fsp3) is 0.958. The van der Waals surface area contributed by atoms with E-state index >= 15 is 0 Å². The minimum atomic E-state index is -3.30. The van der Waals surface area contributed by atoms with Gasteiger partial charge in [-0.1, -0.05) is 0 Å². The van der Waals surface area contributed by atoms with Gasteiger partial charge >= 0.3 is 0 Å². The van der Waals surface area contributed by atoms with Gasteiger partial charge in [0.1, 0.15) is 0 Å². The van der Waals surface area contributed by atoms with Gasteiger partial charge in [-0.15, -0.1) is 0 Å². The lowest BCUT2D eigenvalue weighted by Gasteiger charge is -2.37. The highest BCUT2D eigenvalue weighted by molar-refractivity contribution is 8.00. The lowest BCUT2D eigenvalue weighted by Crippen LogP contribution is -2.58. The number of rotatable bonds is 7. The van der Waals surface area contributed by atoms with Crippen molar-refractivity contribution in [3.05, 3.63) is 0 Å². The molecule has 1 aliphatic carbocycles. The Morgan fingerprint density at radius 3 is 2.51 bits per heavy atom. The van der Waals surface area contributed by atoms with Crippen LogP contribution in [0.5, 0.6) is 0 Å². The normalized spacial score (nSPS) is 37.1. The molecule has 5 atom stereocenters. The van der Waals surface area contributed by atoms with Crippen LogP contribution in [-0.2, 0) is 19.6 Å². The Morgan fingerprint density at radius 2 is 1.86 bits per heavy atom. The van der Waals surface area contributed by atoms with Crippen molar-refractivity contribution >= 4 is 27.7 Å². The molecule has 11 heteroatoms. The summed E-state index contributed by atoms with van der Waals surface area (Å²) in [5.41, 5.74) is 6.00. The molecule has 1 amide bonds. The Morgan fingerprint density at radius 1 is 1.17 bits per heavy atom. The van der Waals surface area contributed by atoms with Gasteiger partial charge in [-0.2, -0.15) is 11.8 Å². The van der Waals surface area contributed by atoms with Crippen LogP contribution < -0.4 is 21.1 Å². The molecule has 5 N–H and O–H groups in total. The molecule has 202 valence electrons. The van der Waals surface area contributed by atoms with E-state index in [-0.39, 0.29) is 34.4 Å². The first kappa shape index (κ1) is 27.6. The maximum Gasteiger partial charge on any atom is 0.225 e. The number of morpholine rings is 1. The summed E-state index contributed by atoms with van der Waals surface area (Å²) in [7, 11) is -3.30. The molecule has 9 nitrogen and oxygen atoms in total. The first-order chi connectivity index (χ1) is 16.5. The summed E-state index contributed by atoms with van der Waals surface area (Å²) in [6, 6.07) is 0. The second kappa shape index (κ2) is 11.5. The standard InChI is InChI=1S/C24H45N5O4S2/c1-24(2,3)28-35(31,32)17-6-4-16(5-7-17)20-14-18-21(34-20)19(15-27-22(18)25)23(30)26-8-9-29-10-12-33-13-11-29/h16-22,27-28H,4-15,25H2,1-3H3,(H,26,30). The summed E-state index contributed by atoms with van der Waals surface area (Å²) < 4.78 is 33.8. The third-order valence-corrected chi connectivity index (χ3v) is 12.2. The lowest BCUT2D eigenvalue weighted by molar-refractivity contribution is -0.126. The van der Waals surface area contributed by atoms with Crippen molar-refractivity contribution in [3.8, 4) is 0 Å². The molecular weight excluding hydrogens is 486 g/mol. The maximum atomic E-state index is 13.1. The van der Waals surface area contributed by atoms with Crippen LogP contribution >= 0.6 is 11.8 Å². The smallest absolute Gasteiger partial charge is 0.225 e. The topological polar surface area (TPSA) is 126 Å². The van der Waals surface area contributed by atoms with Crippen LogP contribution in [0.1, 0.15) is 52.9 Å². The van der Waals surface area contributed by atoms with Gasteiger partial charge in [-0.3, -0.25) is 9.69 Å². The maximum absolute atomic E-state index is 13.1.